The van der Waals surface area contributed by atoms with E-state index in [0.717, 1.165) is 24.1 Å². The molecule has 0 spiro atoms. The summed E-state index contributed by atoms with van der Waals surface area (Å²) in [6, 6.07) is 13.7. The minimum atomic E-state index is -0.551. The predicted octanol–water partition coefficient (Wildman–Crippen LogP) is 4.06. The van der Waals surface area contributed by atoms with Crippen molar-refractivity contribution in [3.05, 3.63) is 69.9 Å². The van der Waals surface area contributed by atoms with E-state index in [0.29, 0.717) is 17.8 Å². The quantitative estimate of drug-likeness (QED) is 0.373. The molecule has 3 rings (SSSR count). The van der Waals surface area contributed by atoms with E-state index >= 15 is 0 Å². The number of thiophene rings is 1. The van der Waals surface area contributed by atoms with Crippen LogP contribution in [-0.2, 0) is 16.0 Å². The van der Waals surface area contributed by atoms with Crippen LogP contribution >= 0.6 is 11.3 Å². The van der Waals surface area contributed by atoms with Crippen molar-refractivity contribution < 1.29 is 19.4 Å². The number of ether oxygens (including phenoxy) is 1. The van der Waals surface area contributed by atoms with Crippen LogP contribution in [0.3, 0.4) is 0 Å². The van der Waals surface area contributed by atoms with E-state index in [-0.39, 0.29) is 23.8 Å². The van der Waals surface area contributed by atoms with E-state index in [4.69, 9.17) is 4.74 Å². The molecule has 6 heteroatoms. The maximum atomic E-state index is 12.3. The zero-order valence-corrected chi connectivity index (χ0v) is 19.3. The number of hydrogen-bond acceptors (Lipinski definition) is 5. The van der Waals surface area contributed by atoms with Gasteiger partial charge in [0.25, 0.3) is 0 Å². The highest BCUT2D eigenvalue weighted by Crippen LogP contribution is 2.21. The second kappa shape index (κ2) is 11.7. The number of aliphatic hydroxyl groups is 1. The monoisotopic (exact) mass is 451 g/mol. The Hall–Kier alpha value is -2.88. The lowest BCUT2D eigenvalue weighted by Crippen LogP contribution is -2.32. The van der Waals surface area contributed by atoms with E-state index in [2.05, 4.69) is 24.0 Å². The summed E-state index contributed by atoms with van der Waals surface area (Å²) in [6.45, 7) is 2.36. The second-order valence-corrected chi connectivity index (χ2v) is 9.05. The number of esters is 1. The highest BCUT2D eigenvalue weighted by atomic mass is 32.1. The van der Waals surface area contributed by atoms with Crippen LogP contribution < -0.4 is 0 Å². The molecule has 1 saturated heterocycles. The number of carbonyl (C=O) groups excluding carboxylic acids is 2. The summed E-state index contributed by atoms with van der Waals surface area (Å²) in [7, 11) is 1.35. The fourth-order valence-electron chi connectivity index (χ4n) is 3.63. The lowest BCUT2D eigenvalue weighted by atomic mass is 9.95. The predicted molar refractivity (Wildman–Crippen MR) is 126 cm³/mol. The molecule has 3 atom stereocenters. The molecule has 1 aliphatic rings. The van der Waals surface area contributed by atoms with Crippen LogP contribution in [0, 0.1) is 17.8 Å². The van der Waals surface area contributed by atoms with Crippen LogP contribution in [0.4, 0.5) is 0 Å². The van der Waals surface area contributed by atoms with Gasteiger partial charge >= 0.3 is 5.97 Å². The van der Waals surface area contributed by atoms with Crippen LogP contribution in [0.1, 0.15) is 46.3 Å². The Kier molecular flexibility index (Phi) is 8.66. The molecule has 0 unspecified atom stereocenters. The lowest BCUT2D eigenvalue weighted by Gasteiger charge is -2.21. The molecule has 32 heavy (non-hydrogen) atoms. The Bertz CT molecular complexity index is 1000. The van der Waals surface area contributed by atoms with Crippen molar-refractivity contribution in [2.24, 2.45) is 5.92 Å². The zero-order valence-electron chi connectivity index (χ0n) is 18.5. The van der Waals surface area contributed by atoms with E-state index < -0.39 is 6.10 Å². The topological polar surface area (TPSA) is 66.8 Å². The average Bonchev–Trinajstić information content (AvgIpc) is 3.43. The molecule has 0 saturated carbocycles. The smallest absolute Gasteiger partial charge is 0.348 e. The van der Waals surface area contributed by atoms with Crippen LogP contribution in [0.15, 0.2) is 54.6 Å². The lowest BCUT2D eigenvalue weighted by molar-refractivity contribution is -0.127. The van der Waals surface area contributed by atoms with Gasteiger partial charge in [0.15, 0.2) is 0 Å². The summed E-state index contributed by atoms with van der Waals surface area (Å²) in [5.41, 5.74) is 1.27. The third kappa shape index (κ3) is 6.56. The highest BCUT2D eigenvalue weighted by molar-refractivity contribution is 7.14. The third-order valence-corrected chi connectivity index (χ3v) is 6.65. The van der Waals surface area contributed by atoms with E-state index in [9.17, 15) is 14.7 Å². The SMILES string of the molecule is COC(=O)c1ccc(C#CCN2C(=O)CC[C@@H]2/C=C/[C@@H](O)[C@@H](C)CCc2ccccc2)s1. The Morgan fingerprint density at radius 3 is 2.84 bits per heavy atom. The molecule has 0 bridgehead atoms. The van der Waals surface area contributed by atoms with Crippen molar-refractivity contribution in [2.75, 3.05) is 13.7 Å². The van der Waals surface area contributed by atoms with Gasteiger partial charge in [0.2, 0.25) is 5.91 Å². The summed E-state index contributed by atoms with van der Waals surface area (Å²) in [5, 5.41) is 10.5. The summed E-state index contributed by atoms with van der Waals surface area (Å²) in [6.07, 6.45) is 6.25. The largest absolute Gasteiger partial charge is 0.465 e. The molecule has 0 aliphatic carbocycles. The minimum Gasteiger partial charge on any atom is -0.465 e. The van der Waals surface area contributed by atoms with Gasteiger partial charge in [-0.1, -0.05) is 61.2 Å². The zero-order chi connectivity index (χ0) is 22.9. The molecule has 1 amide bonds. The maximum Gasteiger partial charge on any atom is 0.348 e. The summed E-state index contributed by atoms with van der Waals surface area (Å²) in [5.74, 6) is 5.88. The van der Waals surface area contributed by atoms with Gasteiger partial charge in [-0.15, -0.1) is 11.3 Å². The number of likely N-dealkylation sites (tertiary alicyclic amines) is 1. The number of methoxy groups -OCH3 is 1. The first-order chi connectivity index (χ1) is 15.5. The first kappa shape index (κ1) is 23.8. The molecular weight excluding hydrogens is 422 g/mol. The van der Waals surface area contributed by atoms with E-state index in [1.54, 1.807) is 17.0 Å². The number of benzene rings is 1. The first-order valence-electron chi connectivity index (χ1n) is 10.8. The Balaban J connectivity index is 1.53. The van der Waals surface area contributed by atoms with Crippen molar-refractivity contribution in [1.29, 1.82) is 0 Å². The Labute approximate surface area is 193 Å². The van der Waals surface area contributed by atoms with Gasteiger partial charge in [-0.3, -0.25) is 4.79 Å². The van der Waals surface area contributed by atoms with Gasteiger partial charge in [-0.25, -0.2) is 4.79 Å². The number of nitrogens with zero attached hydrogens (tertiary/aromatic N) is 1. The highest BCUT2D eigenvalue weighted by Gasteiger charge is 2.28. The van der Waals surface area contributed by atoms with Crippen molar-refractivity contribution >= 4 is 23.2 Å². The summed E-state index contributed by atoms with van der Waals surface area (Å²) in [4.78, 5) is 26.9. The number of amides is 1. The van der Waals surface area contributed by atoms with E-state index in [1.165, 1.54) is 24.0 Å². The molecule has 2 aromatic rings. The molecule has 5 nitrogen and oxygen atoms in total. The van der Waals surface area contributed by atoms with Crippen LogP contribution in [0.25, 0.3) is 0 Å². The number of rotatable bonds is 8. The number of hydrogen-bond donors (Lipinski definition) is 1. The van der Waals surface area contributed by atoms with Crippen LogP contribution in [0.2, 0.25) is 0 Å². The molecule has 1 aromatic carbocycles. The van der Waals surface area contributed by atoms with Crippen LogP contribution in [-0.4, -0.2) is 47.7 Å². The van der Waals surface area contributed by atoms with Crippen LogP contribution in [0.5, 0.6) is 0 Å². The number of aliphatic hydroxyl groups excluding tert-OH is 1. The van der Waals surface area contributed by atoms with Gasteiger partial charge in [-0.2, -0.15) is 0 Å². The number of aryl methyl sites for hydroxylation is 1. The van der Waals surface area contributed by atoms with Gasteiger partial charge in [0, 0.05) is 6.42 Å². The second-order valence-electron chi connectivity index (χ2n) is 7.96. The minimum absolute atomic E-state index is 0.0539. The fourth-order valence-corrected chi connectivity index (χ4v) is 4.43. The van der Waals surface area contributed by atoms with Gasteiger partial charge in [-0.05, 0) is 42.9 Å². The standard InChI is InChI=1S/C26H29NO4S/c1-19(10-11-20-7-4-3-5-8-20)23(28)15-12-21-13-17-25(29)27(21)18-6-9-22-14-16-24(32-22)26(30)31-2/h3-5,7-8,12,14-16,19,21,23,28H,10-11,13,17-18H2,1-2H3/b15-12+/t19-,21-,23+/m0/s1. The summed E-state index contributed by atoms with van der Waals surface area (Å²) >= 11 is 1.27. The molecule has 0 radical (unpaired) electrons. The third-order valence-electron chi connectivity index (χ3n) is 5.67. The normalized spacial score (nSPS) is 17.8. The summed E-state index contributed by atoms with van der Waals surface area (Å²) < 4.78 is 4.71. The van der Waals surface area contributed by atoms with E-state index in [1.807, 2.05) is 37.3 Å². The fraction of sp³-hybridized carbons (Fsp3) is 0.385. The van der Waals surface area contributed by atoms with Crippen molar-refractivity contribution in [3.63, 3.8) is 0 Å². The average molecular weight is 452 g/mol. The molecule has 168 valence electrons. The molecule has 1 fully saturated rings. The number of carbonyl (C=O) groups is 2. The molecule has 1 aromatic heterocycles. The Morgan fingerprint density at radius 2 is 2.09 bits per heavy atom. The van der Waals surface area contributed by atoms with Gasteiger partial charge in [0.05, 0.1) is 30.7 Å². The molecule has 2 heterocycles. The molecule has 1 N–H and O–H groups in total. The van der Waals surface area contributed by atoms with Crippen molar-refractivity contribution in [2.45, 2.75) is 44.8 Å². The molecule has 1 aliphatic heterocycles. The van der Waals surface area contributed by atoms with Crippen molar-refractivity contribution in [3.8, 4) is 11.8 Å². The first-order valence-corrected chi connectivity index (χ1v) is 11.7. The Morgan fingerprint density at radius 1 is 1.31 bits per heavy atom. The molecular formula is C26H29NO4S. The van der Waals surface area contributed by atoms with Crippen molar-refractivity contribution in [1.82, 2.24) is 4.90 Å². The van der Waals surface area contributed by atoms with Gasteiger partial charge in [0.1, 0.15) is 4.88 Å². The van der Waals surface area contributed by atoms with Gasteiger partial charge < -0.3 is 14.7 Å². The maximum absolute atomic E-state index is 12.3.